The molecule has 0 atom stereocenters. The number of carbonyl (C=O) groups is 1. The lowest BCUT2D eigenvalue weighted by Gasteiger charge is -2.27. The molecule has 1 aliphatic heterocycles. The Kier molecular flexibility index (Phi) is 4.24. The van der Waals surface area contributed by atoms with Crippen LogP contribution in [0.2, 0.25) is 5.02 Å². The van der Waals surface area contributed by atoms with E-state index in [4.69, 9.17) is 16.8 Å². The van der Waals surface area contributed by atoms with Gasteiger partial charge in [0, 0.05) is 30.4 Å². The second kappa shape index (κ2) is 5.71. The van der Waals surface area contributed by atoms with E-state index >= 15 is 0 Å². The standard InChI is InChI=1S/C12H12BrClN2O2/c13-8-1-2-10(11(14)7-8)12(17)16-5-3-9(15-18)4-6-16/h1-2,7,18H,3-6H2. The van der Waals surface area contributed by atoms with Crippen LogP contribution in [0.15, 0.2) is 27.8 Å². The van der Waals surface area contributed by atoms with E-state index in [9.17, 15) is 4.79 Å². The molecule has 1 aromatic rings. The van der Waals surface area contributed by atoms with Gasteiger partial charge >= 0.3 is 0 Å². The third-order valence-corrected chi connectivity index (χ3v) is 3.74. The van der Waals surface area contributed by atoms with E-state index < -0.39 is 0 Å². The Morgan fingerprint density at radius 3 is 2.61 bits per heavy atom. The van der Waals surface area contributed by atoms with E-state index in [-0.39, 0.29) is 5.91 Å². The summed E-state index contributed by atoms with van der Waals surface area (Å²) in [7, 11) is 0. The molecule has 6 heteroatoms. The minimum atomic E-state index is -0.0792. The zero-order valence-electron chi connectivity index (χ0n) is 9.57. The largest absolute Gasteiger partial charge is 0.411 e. The molecule has 1 saturated heterocycles. The summed E-state index contributed by atoms with van der Waals surface area (Å²) >= 11 is 9.36. The van der Waals surface area contributed by atoms with Crippen molar-refractivity contribution in [3.05, 3.63) is 33.3 Å². The number of halogens is 2. The van der Waals surface area contributed by atoms with Crippen LogP contribution in [0.3, 0.4) is 0 Å². The molecule has 0 aliphatic carbocycles. The van der Waals surface area contributed by atoms with Crippen LogP contribution in [0, 0.1) is 0 Å². The first-order valence-electron chi connectivity index (χ1n) is 5.56. The second-order valence-electron chi connectivity index (χ2n) is 4.08. The molecule has 2 rings (SSSR count). The van der Waals surface area contributed by atoms with Gasteiger partial charge in [-0.25, -0.2) is 0 Å². The molecular weight excluding hydrogens is 320 g/mol. The maximum Gasteiger partial charge on any atom is 0.255 e. The van der Waals surface area contributed by atoms with Crippen molar-refractivity contribution in [2.24, 2.45) is 5.16 Å². The van der Waals surface area contributed by atoms with E-state index in [1.54, 1.807) is 23.1 Å². The minimum absolute atomic E-state index is 0.0792. The summed E-state index contributed by atoms with van der Waals surface area (Å²) in [6.45, 7) is 1.12. The average Bonchev–Trinajstić information content (AvgIpc) is 2.38. The van der Waals surface area contributed by atoms with Crippen LogP contribution in [0.25, 0.3) is 0 Å². The maximum absolute atomic E-state index is 12.3. The van der Waals surface area contributed by atoms with Gasteiger partial charge in [-0.15, -0.1) is 0 Å². The monoisotopic (exact) mass is 330 g/mol. The number of benzene rings is 1. The van der Waals surface area contributed by atoms with Gasteiger partial charge < -0.3 is 10.1 Å². The predicted molar refractivity (Wildman–Crippen MR) is 73.5 cm³/mol. The molecule has 18 heavy (non-hydrogen) atoms. The smallest absolute Gasteiger partial charge is 0.255 e. The number of nitrogens with zero attached hydrogens (tertiary/aromatic N) is 2. The average molecular weight is 332 g/mol. The molecule has 0 spiro atoms. The summed E-state index contributed by atoms with van der Waals surface area (Å²) in [5.74, 6) is -0.0792. The maximum atomic E-state index is 12.3. The highest BCUT2D eigenvalue weighted by atomic mass is 79.9. The van der Waals surface area contributed by atoms with E-state index in [1.807, 2.05) is 0 Å². The first kappa shape index (κ1) is 13.4. The van der Waals surface area contributed by atoms with Crippen LogP contribution >= 0.6 is 27.5 Å². The van der Waals surface area contributed by atoms with Crippen LogP contribution in [-0.4, -0.2) is 34.8 Å². The van der Waals surface area contributed by atoms with Crippen LogP contribution in [0.4, 0.5) is 0 Å². The molecule has 1 aliphatic rings. The van der Waals surface area contributed by atoms with E-state index in [0.717, 1.165) is 10.2 Å². The number of amides is 1. The van der Waals surface area contributed by atoms with Gasteiger partial charge in [0.1, 0.15) is 0 Å². The molecule has 1 N–H and O–H groups in total. The van der Waals surface area contributed by atoms with Crippen molar-refractivity contribution in [3.63, 3.8) is 0 Å². The van der Waals surface area contributed by atoms with Crippen LogP contribution < -0.4 is 0 Å². The van der Waals surface area contributed by atoms with E-state index in [2.05, 4.69) is 21.1 Å². The number of rotatable bonds is 1. The molecule has 0 radical (unpaired) electrons. The van der Waals surface area contributed by atoms with Crippen molar-refractivity contribution < 1.29 is 10.0 Å². The predicted octanol–water partition coefficient (Wildman–Crippen LogP) is 3.17. The van der Waals surface area contributed by atoms with Crippen molar-refractivity contribution >= 4 is 39.1 Å². The third-order valence-electron chi connectivity index (χ3n) is 2.93. The summed E-state index contributed by atoms with van der Waals surface area (Å²) in [4.78, 5) is 14.0. The van der Waals surface area contributed by atoms with Crippen molar-refractivity contribution in [2.75, 3.05) is 13.1 Å². The highest BCUT2D eigenvalue weighted by Gasteiger charge is 2.22. The zero-order valence-corrected chi connectivity index (χ0v) is 11.9. The van der Waals surface area contributed by atoms with Crippen LogP contribution in [0.5, 0.6) is 0 Å². The molecule has 4 nitrogen and oxygen atoms in total. The summed E-state index contributed by atoms with van der Waals surface area (Å²) in [6.07, 6.45) is 1.22. The molecule has 1 fully saturated rings. The van der Waals surface area contributed by atoms with Gasteiger partial charge in [-0.3, -0.25) is 4.79 Å². The summed E-state index contributed by atoms with van der Waals surface area (Å²) < 4.78 is 0.845. The van der Waals surface area contributed by atoms with Gasteiger partial charge in [-0.05, 0) is 18.2 Å². The summed E-state index contributed by atoms with van der Waals surface area (Å²) in [5.41, 5.74) is 1.24. The van der Waals surface area contributed by atoms with Crippen molar-refractivity contribution in [2.45, 2.75) is 12.8 Å². The first-order chi connectivity index (χ1) is 8.61. The van der Waals surface area contributed by atoms with Crippen molar-refractivity contribution in [1.29, 1.82) is 0 Å². The number of piperidine rings is 1. The minimum Gasteiger partial charge on any atom is -0.411 e. The number of oxime groups is 1. The Balaban J connectivity index is 2.12. The fourth-order valence-electron chi connectivity index (χ4n) is 1.90. The van der Waals surface area contributed by atoms with Gasteiger partial charge in [0.25, 0.3) is 5.91 Å². The van der Waals surface area contributed by atoms with E-state index in [0.29, 0.717) is 36.5 Å². The molecular formula is C12H12BrClN2O2. The Hall–Kier alpha value is -1.07. The molecule has 1 aromatic carbocycles. The van der Waals surface area contributed by atoms with Gasteiger partial charge in [0.05, 0.1) is 16.3 Å². The lowest BCUT2D eigenvalue weighted by atomic mass is 10.1. The lowest BCUT2D eigenvalue weighted by Crippen LogP contribution is -2.38. The topological polar surface area (TPSA) is 52.9 Å². The highest BCUT2D eigenvalue weighted by Crippen LogP contribution is 2.23. The highest BCUT2D eigenvalue weighted by molar-refractivity contribution is 9.10. The SMILES string of the molecule is O=C(c1ccc(Br)cc1Cl)N1CCC(=NO)CC1. The normalized spacial score (nSPS) is 15.7. The number of carbonyl (C=O) groups excluding carboxylic acids is 1. The van der Waals surface area contributed by atoms with Gasteiger partial charge in [-0.2, -0.15) is 0 Å². The molecule has 1 amide bonds. The summed E-state index contributed by atoms with van der Waals surface area (Å²) in [6, 6.07) is 5.22. The van der Waals surface area contributed by atoms with Gasteiger partial charge in [0.2, 0.25) is 0 Å². The molecule has 0 saturated carbocycles. The van der Waals surface area contributed by atoms with Crippen molar-refractivity contribution in [3.8, 4) is 0 Å². The summed E-state index contributed by atoms with van der Waals surface area (Å²) in [5, 5.41) is 12.3. The lowest BCUT2D eigenvalue weighted by molar-refractivity contribution is 0.0754. The van der Waals surface area contributed by atoms with Crippen LogP contribution in [-0.2, 0) is 0 Å². The number of hydrogen-bond donors (Lipinski definition) is 1. The van der Waals surface area contributed by atoms with Crippen LogP contribution in [0.1, 0.15) is 23.2 Å². The Labute approximate surface area is 118 Å². The molecule has 0 unspecified atom stereocenters. The van der Waals surface area contributed by atoms with Gasteiger partial charge in [-0.1, -0.05) is 32.7 Å². The fraction of sp³-hybridized carbons (Fsp3) is 0.333. The Morgan fingerprint density at radius 1 is 1.39 bits per heavy atom. The Morgan fingerprint density at radius 2 is 2.06 bits per heavy atom. The number of likely N-dealkylation sites (tertiary alicyclic amines) is 1. The third kappa shape index (κ3) is 2.84. The molecule has 96 valence electrons. The van der Waals surface area contributed by atoms with Gasteiger partial charge in [0.15, 0.2) is 0 Å². The molecule has 0 bridgehead atoms. The molecule has 1 heterocycles. The van der Waals surface area contributed by atoms with Crippen molar-refractivity contribution in [1.82, 2.24) is 4.90 Å². The van der Waals surface area contributed by atoms with E-state index in [1.165, 1.54) is 0 Å². The zero-order chi connectivity index (χ0) is 13.1. The quantitative estimate of drug-likeness (QED) is 0.635. The molecule has 0 aromatic heterocycles. The first-order valence-corrected chi connectivity index (χ1v) is 6.73. The number of hydrogen-bond acceptors (Lipinski definition) is 3. The second-order valence-corrected chi connectivity index (χ2v) is 5.41. The fourth-order valence-corrected chi connectivity index (χ4v) is 2.66. The Bertz CT molecular complexity index is 495.